The van der Waals surface area contributed by atoms with Crippen molar-refractivity contribution in [1.29, 1.82) is 0 Å². The van der Waals surface area contributed by atoms with Crippen molar-refractivity contribution >= 4 is 5.91 Å². The molecule has 4 nitrogen and oxygen atoms in total. The lowest BCUT2D eigenvalue weighted by Crippen LogP contribution is -2.47. The van der Waals surface area contributed by atoms with Crippen molar-refractivity contribution in [3.05, 3.63) is 0 Å². The van der Waals surface area contributed by atoms with Crippen LogP contribution in [0.5, 0.6) is 0 Å². The van der Waals surface area contributed by atoms with Crippen molar-refractivity contribution in [3.63, 3.8) is 0 Å². The van der Waals surface area contributed by atoms with Gasteiger partial charge in [-0.1, -0.05) is 0 Å². The Labute approximate surface area is 110 Å². The third-order valence-corrected chi connectivity index (χ3v) is 4.03. The number of carbonyl (C=O) groups excluding carboxylic acids is 1. The number of nitrogens with zero attached hydrogens (tertiary/aromatic N) is 1. The average molecular weight is 254 g/mol. The van der Waals surface area contributed by atoms with Crippen LogP contribution >= 0.6 is 0 Å². The maximum Gasteiger partial charge on any atom is 0.251 e. The molecule has 2 fully saturated rings. The number of rotatable bonds is 4. The fourth-order valence-corrected chi connectivity index (χ4v) is 2.86. The van der Waals surface area contributed by atoms with Gasteiger partial charge in [0.05, 0.1) is 0 Å². The van der Waals surface area contributed by atoms with E-state index in [9.17, 15) is 4.79 Å². The lowest BCUT2D eigenvalue weighted by atomic mass is 9.96. The molecule has 18 heavy (non-hydrogen) atoms. The van der Waals surface area contributed by atoms with Crippen molar-refractivity contribution < 1.29 is 9.53 Å². The van der Waals surface area contributed by atoms with Gasteiger partial charge in [0.2, 0.25) is 0 Å². The van der Waals surface area contributed by atoms with E-state index in [4.69, 9.17) is 4.74 Å². The van der Waals surface area contributed by atoms with Crippen LogP contribution < -0.4 is 5.32 Å². The predicted octanol–water partition coefficient (Wildman–Crippen LogP) is 1.40. The second-order valence-electron chi connectivity index (χ2n) is 5.78. The van der Waals surface area contributed by atoms with E-state index < -0.39 is 0 Å². The average Bonchev–Trinajstić information content (AvgIpc) is 2.90. The molecule has 2 rings (SSSR count). The molecule has 0 saturated carbocycles. The van der Waals surface area contributed by atoms with E-state index in [2.05, 4.69) is 19.2 Å². The number of hydrogen-bond donors (Lipinski definition) is 1. The second-order valence-corrected chi connectivity index (χ2v) is 5.78. The summed E-state index contributed by atoms with van der Waals surface area (Å²) in [5.74, 6) is 0.861. The molecule has 0 unspecified atom stereocenters. The Morgan fingerprint density at radius 3 is 2.61 bits per heavy atom. The first-order valence-electron chi connectivity index (χ1n) is 7.31. The van der Waals surface area contributed by atoms with Crippen LogP contribution in [-0.4, -0.2) is 49.2 Å². The van der Waals surface area contributed by atoms with Crippen molar-refractivity contribution in [3.8, 4) is 0 Å². The van der Waals surface area contributed by atoms with Crippen LogP contribution in [0, 0.1) is 5.92 Å². The number of ether oxygens (including phenoxy) is 1. The standard InChI is InChI=1S/C14H26N2O2/c1-11(2)16(10-12-5-7-15-8-6-12)14(17)13-4-3-9-18-13/h11-13,15H,3-10H2,1-2H3/t13-/m1/s1. The van der Waals surface area contributed by atoms with Crippen LogP contribution in [0.4, 0.5) is 0 Å². The lowest BCUT2D eigenvalue weighted by Gasteiger charge is -2.34. The van der Waals surface area contributed by atoms with E-state index in [0.29, 0.717) is 5.92 Å². The lowest BCUT2D eigenvalue weighted by molar-refractivity contribution is -0.143. The summed E-state index contributed by atoms with van der Waals surface area (Å²) in [6, 6.07) is 0.275. The maximum absolute atomic E-state index is 12.4. The molecule has 1 amide bonds. The first kappa shape index (κ1) is 13.8. The minimum absolute atomic E-state index is 0.172. The summed E-state index contributed by atoms with van der Waals surface area (Å²) in [6.07, 6.45) is 4.11. The molecule has 2 saturated heterocycles. The smallest absolute Gasteiger partial charge is 0.251 e. The Morgan fingerprint density at radius 2 is 2.06 bits per heavy atom. The zero-order valence-corrected chi connectivity index (χ0v) is 11.7. The Balaban J connectivity index is 1.91. The molecule has 0 aromatic carbocycles. The van der Waals surface area contributed by atoms with Crippen LogP contribution in [0.25, 0.3) is 0 Å². The first-order valence-corrected chi connectivity index (χ1v) is 7.31. The highest BCUT2D eigenvalue weighted by Gasteiger charge is 2.31. The number of amides is 1. The van der Waals surface area contributed by atoms with Gasteiger partial charge in [-0.25, -0.2) is 0 Å². The van der Waals surface area contributed by atoms with Crippen molar-refractivity contribution in [2.75, 3.05) is 26.2 Å². The molecule has 2 aliphatic heterocycles. The highest BCUT2D eigenvalue weighted by atomic mass is 16.5. The molecular formula is C14H26N2O2. The third-order valence-electron chi connectivity index (χ3n) is 4.03. The van der Waals surface area contributed by atoms with E-state index in [1.54, 1.807) is 0 Å². The van der Waals surface area contributed by atoms with Gasteiger partial charge in [0.1, 0.15) is 6.10 Å². The highest BCUT2D eigenvalue weighted by Crippen LogP contribution is 2.20. The van der Waals surface area contributed by atoms with Crippen LogP contribution in [0.3, 0.4) is 0 Å². The van der Waals surface area contributed by atoms with Crippen LogP contribution in [0.2, 0.25) is 0 Å². The molecule has 0 spiro atoms. The Morgan fingerprint density at radius 1 is 1.33 bits per heavy atom. The topological polar surface area (TPSA) is 41.6 Å². The quantitative estimate of drug-likeness (QED) is 0.824. The monoisotopic (exact) mass is 254 g/mol. The van der Waals surface area contributed by atoms with Crippen LogP contribution in [0.1, 0.15) is 39.5 Å². The van der Waals surface area contributed by atoms with E-state index in [1.165, 1.54) is 12.8 Å². The molecule has 0 aromatic heterocycles. The largest absolute Gasteiger partial charge is 0.368 e. The van der Waals surface area contributed by atoms with Gasteiger partial charge in [0.25, 0.3) is 5.91 Å². The van der Waals surface area contributed by atoms with Crippen molar-refractivity contribution in [2.24, 2.45) is 5.92 Å². The molecule has 0 aliphatic carbocycles. The van der Waals surface area contributed by atoms with E-state index in [-0.39, 0.29) is 18.1 Å². The Kier molecular flexibility index (Phi) is 5.01. The molecule has 0 radical (unpaired) electrons. The predicted molar refractivity (Wildman–Crippen MR) is 71.4 cm³/mol. The minimum Gasteiger partial charge on any atom is -0.368 e. The molecule has 2 heterocycles. The second kappa shape index (κ2) is 6.53. The molecular weight excluding hydrogens is 228 g/mol. The summed E-state index contributed by atoms with van der Waals surface area (Å²) in [7, 11) is 0. The number of carbonyl (C=O) groups is 1. The van der Waals surface area contributed by atoms with Crippen LogP contribution in [-0.2, 0) is 9.53 Å². The molecule has 4 heteroatoms. The summed E-state index contributed by atoms with van der Waals surface area (Å²) >= 11 is 0. The van der Waals surface area contributed by atoms with Gasteiger partial charge in [-0.15, -0.1) is 0 Å². The van der Waals surface area contributed by atoms with Gasteiger partial charge in [-0.05, 0) is 58.5 Å². The molecule has 104 valence electrons. The van der Waals surface area contributed by atoms with Gasteiger partial charge < -0.3 is 15.0 Å². The summed E-state index contributed by atoms with van der Waals surface area (Å²) in [4.78, 5) is 14.5. The van der Waals surface area contributed by atoms with Gasteiger partial charge in [0, 0.05) is 19.2 Å². The fourth-order valence-electron chi connectivity index (χ4n) is 2.86. The number of nitrogens with one attached hydrogen (secondary N) is 1. The maximum atomic E-state index is 12.4. The van der Waals surface area contributed by atoms with Gasteiger partial charge in [0.15, 0.2) is 0 Å². The Hall–Kier alpha value is -0.610. The highest BCUT2D eigenvalue weighted by molar-refractivity contribution is 5.81. The summed E-state index contributed by atoms with van der Waals surface area (Å²) in [5.41, 5.74) is 0. The van der Waals surface area contributed by atoms with Crippen LogP contribution in [0.15, 0.2) is 0 Å². The molecule has 2 aliphatic rings. The van der Waals surface area contributed by atoms with E-state index >= 15 is 0 Å². The third kappa shape index (κ3) is 3.45. The zero-order chi connectivity index (χ0) is 13.0. The van der Waals surface area contributed by atoms with Gasteiger partial charge in [-0.2, -0.15) is 0 Å². The molecule has 1 N–H and O–H groups in total. The minimum atomic E-state index is -0.172. The summed E-state index contributed by atoms with van der Waals surface area (Å²) in [6.45, 7) is 8.03. The summed E-state index contributed by atoms with van der Waals surface area (Å²) < 4.78 is 5.53. The van der Waals surface area contributed by atoms with E-state index in [1.807, 2.05) is 4.90 Å². The normalized spacial score (nSPS) is 25.6. The first-order chi connectivity index (χ1) is 8.68. The number of hydrogen-bond acceptors (Lipinski definition) is 3. The fraction of sp³-hybridized carbons (Fsp3) is 0.929. The number of piperidine rings is 1. The zero-order valence-electron chi connectivity index (χ0n) is 11.7. The SMILES string of the molecule is CC(C)N(CC1CCNCC1)C(=O)[C@H]1CCCO1. The van der Waals surface area contributed by atoms with Crippen molar-refractivity contribution in [1.82, 2.24) is 10.2 Å². The van der Waals surface area contributed by atoms with Crippen molar-refractivity contribution in [2.45, 2.75) is 51.7 Å². The Bertz CT molecular complexity index is 269. The molecule has 1 atom stereocenters. The van der Waals surface area contributed by atoms with Gasteiger partial charge in [-0.3, -0.25) is 4.79 Å². The summed E-state index contributed by atoms with van der Waals surface area (Å²) in [5, 5.41) is 3.37. The molecule has 0 bridgehead atoms. The molecule has 0 aromatic rings. The van der Waals surface area contributed by atoms with E-state index in [0.717, 1.165) is 39.1 Å². The van der Waals surface area contributed by atoms with Gasteiger partial charge >= 0.3 is 0 Å².